The van der Waals surface area contributed by atoms with Gasteiger partial charge in [-0.15, -0.1) is 0 Å². The van der Waals surface area contributed by atoms with Crippen molar-refractivity contribution in [3.05, 3.63) is 24.3 Å². The van der Waals surface area contributed by atoms with Crippen LogP contribution >= 0.6 is 0 Å². The lowest BCUT2D eigenvalue weighted by molar-refractivity contribution is -0.151. The minimum Gasteiger partial charge on any atom is -0.456 e. The molecule has 26 heavy (non-hydrogen) atoms. The summed E-state index contributed by atoms with van der Waals surface area (Å²) in [6.45, 7) is 7.33. The van der Waals surface area contributed by atoms with E-state index >= 15 is 0 Å². The second-order valence-electron chi connectivity index (χ2n) is 6.83. The molecule has 2 N–H and O–H groups in total. The smallest absolute Gasteiger partial charge is 0.324 e. The Kier molecular flexibility index (Phi) is 7.05. The molecule has 0 aliphatic heterocycles. The van der Waals surface area contributed by atoms with E-state index in [1.165, 1.54) is 38.1 Å². The van der Waals surface area contributed by atoms with Crippen LogP contribution in [0.1, 0.15) is 34.6 Å². The maximum absolute atomic E-state index is 12.3. The monoisotopic (exact) mass is 384 g/mol. The predicted octanol–water partition coefficient (Wildman–Crippen LogP) is 1.47. The second kappa shape index (κ2) is 8.41. The van der Waals surface area contributed by atoms with Gasteiger partial charge in [-0.25, -0.2) is 8.42 Å². The van der Waals surface area contributed by atoms with Gasteiger partial charge in [0, 0.05) is 18.0 Å². The standard InChI is InChI=1S/C17H24N2O6S/c1-11(16(22)25-10-15(21)17(3,4)5)19-26(23,24)14-8-6-13(7-9-14)18-12(2)20/h6-9,11,19H,10H2,1-5H3,(H,18,20)/t11-/m0/s1. The molecule has 144 valence electrons. The van der Waals surface area contributed by atoms with Crippen LogP contribution in [0.2, 0.25) is 0 Å². The Morgan fingerprint density at radius 1 is 1.12 bits per heavy atom. The molecule has 9 heteroatoms. The molecule has 1 aromatic carbocycles. The van der Waals surface area contributed by atoms with Gasteiger partial charge < -0.3 is 10.1 Å². The number of carbonyl (C=O) groups excluding carboxylic acids is 3. The van der Waals surface area contributed by atoms with Crippen molar-refractivity contribution in [2.45, 2.75) is 45.6 Å². The summed E-state index contributed by atoms with van der Waals surface area (Å²) in [4.78, 5) is 34.6. The number of rotatable bonds is 7. The summed E-state index contributed by atoms with van der Waals surface area (Å²) in [5.74, 6) is -1.39. The zero-order chi connectivity index (χ0) is 20.1. The molecule has 1 atom stereocenters. The van der Waals surface area contributed by atoms with Crippen molar-refractivity contribution in [1.29, 1.82) is 0 Å². The molecule has 0 radical (unpaired) electrons. The molecule has 0 bridgehead atoms. The van der Waals surface area contributed by atoms with E-state index in [0.29, 0.717) is 5.69 Å². The van der Waals surface area contributed by atoms with Gasteiger partial charge >= 0.3 is 5.97 Å². The first kappa shape index (κ1) is 21.8. The van der Waals surface area contributed by atoms with Crippen molar-refractivity contribution in [3.63, 3.8) is 0 Å². The summed E-state index contributed by atoms with van der Waals surface area (Å²) in [6.07, 6.45) is 0. The van der Waals surface area contributed by atoms with Crippen molar-refractivity contribution < 1.29 is 27.5 Å². The van der Waals surface area contributed by atoms with E-state index in [4.69, 9.17) is 4.74 Å². The first-order valence-corrected chi connectivity index (χ1v) is 9.41. The zero-order valence-corrected chi connectivity index (χ0v) is 16.3. The fraction of sp³-hybridized carbons (Fsp3) is 0.471. The van der Waals surface area contributed by atoms with Crippen LogP contribution in [0.3, 0.4) is 0 Å². The number of sulfonamides is 1. The molecule has 0 aliphatic carbocycles. The summed E-state index contributed by atoms with van der Waals surface area (Å²) in [7, 11) is -3.97. The summed E-state index contributed by atoms with van der Waals surface area (Å²) < 4.78 is 31.7. The number of benzene rings is 1. The van der Waals surface area contributed by atoms with E-state index in [1.807, 2.05) is 0 Å². The predicted molar refractivity (Wildman–Crippen MR) is 96.0 cm³/mol. The normalized spacial score (nSPS) is 13.0. The minimum absolute atomic E-state index is 0.0722. The maximum atomic E-state index is 12.3. The van der Waals surface area contributed by atoms with Crippen LogP contribution in [0.5, 0.6) is 0 Å². The maximum Gasteiger partial charge on any atom is 0.324 e. The van der Waals surface area contributed by atoms with Crippen LogP contribution < -0.4 is 10.0 Å². The largest absolute Gasteiger partial charge is 0.456 e. The number of ether oxygens (including phenoxy) is 1. The molecule has 0 unspecified atom stereocenters. The average molecular weight is 384 g/mol. The topological polar surface area (TPSA) is 119 Å². The van der Waals surface area contributed by atoms with Crippen molar-refractivity contribution in [3.8, 4) is 0 Å². The van der Waals surface area contributed by atoms with Gasteiger partial charge in [0.25, 0.3) is 0 Å². The van der Waals surface area contributed by atoms with E-state index in [-0.39, 0.29) is 16.6 Å². The average Bonchev–Trinajstić information content (AvgIpc) is 2.50. The fourth-order valence-corrected chi connectivity index (χ4v) is 2.94. The van der Waals surface area contributed by atoms with Gasteiger partial charge in [-0.1, -0.05) is 20.8 Å². The number of Topliss-reactive ketones (excluding diaryl/α,β-unsaturated/α-hetero) is 1. The molecule has 0 aromatic heterocycles. The van der Waals surface area contributed by atoms with Crippen molar-refractivity contribution in [2.24, 2.45) is 5.41 Å². The highest BCUT2D eigenvalue weighted by atomic mass is 32.2. The van der Waals surface area contributed by atoms with Crippen molar-refractivity contribution >= 4 is 33.4 Å². The first-order valence-electron chi connectivity index (χ1n) is 7.93. The van der Waals surface area contributed by atoms with Gasteiger partial charge in [0.15, 0.2) is 12.4 Å². The molecule has 0 aliphatic rings. The van der Waals surface area contributed by atoms with E-state index < -0.39 is 34.1 Å². The highest BCUT2D eigenvalue weighted by molar-refractivity contribution is 7.89. The molecular weight excluding hydrogens is 360 g/mol. The number of ketones is 1. The number of anilines is 1. The lowest BCUT2D eigenvalue weighted by atomic mass is 9.91. The third kappa shape index (κ3) is 6.57. The molecule has 1 aromatic rings. The van der Waals surface area contributed by atoms with Gasteiger partial charge in [-0.3, -0.25) is 14.4 Å². The van der Waals surface area contributed by atoms with Crippen molar-refractivity contribution in [2.75, 3.05) is 11.9 Å². The van der Waals surface area contributed by atoms with E-state index in [2.05, 4.69) is 10.0 Å². The molecule has 0 saturated carbocycles. The highest BCUT2D eigenvalue weighted by Gasteiger charge is 2.26. The third-order valence-electron chi connectivity index (χ3n) is 3.35. The molecular formula is C17H24N2O6S. The first-order chi connectivity index (χ1) is 11.8. The summed E-state index contributed by atoms with van der Waals surface area (Å²) in [6, 6.07) is 4.30. The molecule has 0 spiro atoms. The van der Waals surface area contributed by atoms with Crippen LogP contribution in [0.15, 0.2) is 29.2 Å². The fourth-order valence-electron chi connectivity index (χ4n) is 1.75. The van der Waals surface area contributed by atoms with Gasteiger partial charge in [0.2, 0.25) is 15.9 Å². The van der Waals surface area contributed by atoms with Gasteiger partial charge in [0.1, 0.15) is 6.04 Å². The quantitative estimate of drug-likeness (QED) is 0.687. The Balaban J connectivity index is 2.72. The van der Waals surface area contributed by atoms with Gasteiger partial charge in [-0.2, -0.15) is 4.72 Å². The Hall–Kier alpha value is -2.26. The molecule has 1 amide bonds. The molecule has 0 heterocycles. The minimum atomic E-state index is -3.97. The number of esters is 1. The van der Waals surface area contributed by atoms with Crippen LogP contribution in [-0.2, 0) is 29.1 Å². The highest BCUT2D eigenvalue weighted by Crippen LogP contribution is 2.16. The Bertz CT molecular complexity index is 778. The van der Waals surface area contributed by atoms with Crippen molar-refractivity contribution in [1.82, 2.24) is 4.72 Å². The molecule has 0 fully saturated rings. The van der Waals surface area contributed by atoms with Gasteiger partial charge in [-0.05, 0) is 31.2 Å². The van der Waals surface area contributed by atoms with E-state index in [0.717, 1.165) is 0 Å². The Morgan fingerprint density at radius 3 is 2.12 bits per heavy atom. The molecule has 8 nitrogen and oxygen atoms in total. The summed E-state index contributed by atoms with van der Waals surface area (Å²) in [5, 5.41) is 2.52. The zero-order valence-electron chi connectivity index (χ0n) is 15.5. The van der Waals surface area contributed by atoms with E-state index in [1.54, 1.807) is 20.8 Å². The Morgan fingerprint density at radius 2 is 1.65 bits per heavy atom. The SMILES string of the molecule is CC(=O)Nc1ccc(S(=O)(=O)N[C@@H](C)C(=O)OCC(=O)C(C)(C)C)cc1. The van der Waals surface area contributed by atoms with Crippen LogP contribution in [0.4, 0.5) is 5.69 Å². The number of hydrogen-bond acceptors (Lipinski definition) is 6. The number of nitrogens with one attached hydrogen (secondary N) is 2. The van der Waals surface area contributed by atoms with E-state index in [9.17, 15) is 22.8 Å². The third-order valence-corrected chi connectivity index (χ3v) is 4.91. The number of hydrogen-bond donors (Lipinski definition) is 2. The van der Waals surface area contributed by atoms with Crippen LogP contribution in [0.25, 0.3) is 0 Å². The number of carbonyl (C=O) groups is 3. The molecule has 1 rings (SSSR count). The summed E-state index contributed by atoms with van der Waals surface area (Å²) >= 11 is 0. The van der Waals surface area contributed by atoms with Crippen LogP contribution in [-0.4, -0.2) is 38.7 Å². The number of amides is 1. The molecule has 0 saturated heterocycles. The lowest BCUT2D eigenvalue weighted by Gasteiger charge is -2.18. The lowest BCUT2D eigenvalue weighted by Crippen LogP contribution is -2.40. The van der Waals surface area contributed by atoms with Gasteiger partial charge in [0.05, 0.1) is 4.90 Å². The second-order valence-corrected chi connectivity index (χ2v) is 8.54. The van der Waals surface area contributed by atoms with Crippen LogP contribution in [0, 0.1) is 5.41 Å². The summed E-state index contributed by atoms with van der Waals surface area (Å²) in [5.41, 5.74) is -0.205. The Labute approximate surface area is 153 Å².